The highest BCUT2D eigenvalue weighted by atomic mass is 16.6. The summed E-state index contributed by atoms with van der Waals surface area (Å²) in [6.07, 6.45) is -6.27. The Morgan fingerprint density at radius 3 is 1.49 bits per heavy atom. The van der Waals surface area contributed by atoms with Gasteiger partial charge in [0.15, 0.2) is 57.9 Å². The third-order valence-electron chi connectivity index (χ3n) is 10.9. The van der Waals surface area contributed by atoms with E-state index < -0.39 is 146 Å². The van der Waals surface area contributed by atoms with E-state index in [0.29, 0.717) is 0 Å². The van der Waals surface area contributed by atoms with Crippen molar-refractivity contribution in [3.63, 3.8) is 0 Å². The molecule has 0 fully saturated rings. The number of aromatic hydroxyl groups is 12. The molecule has 0 radical (unpaired) electrons. The van der Waals surface area contributed by atoms with Gasteiger partial charge in [-0.15, -0.1) is 0 Å². The van der Waals surface area contributed by atoms with Crippen LogP contribution in [0.1, 0.15) is 59.4 Å². The van der Waals surface area contributed by atoms with Crippen molar-refractivity contribution < 1.29 is 99.7 Å². The Bertz CT molecular complexity index is 2760. The molecule has 8 rings (SSSR count). The van der Waals surface area contributed by atoms with E-state index in [2.05, 4.69) is 0 Å². The van der Waals surface area contributed by atoms with Gasteiger partial charge in [0, 0.05) is 59.7 Å². The number of aliphatic hydroxyl groups is 1. The topological polar surface area (TPSA) is 351 Å². The summed E-state index contributed by atoms with van der Waals surface area (Å²) in [7, 11) is 0. The zero-order chi connectivity index (χ0) is 45.3. The van der Waals surface area contributed by atoms with Crippen LogP contribution < -0.4 is 9.47 Å². The summed E-state index contributed by atoms with van der Waals surface area (Å²) in [4.78, 5) is 41.2. The van der Waals surface area contributed by atoms with Gasteiger partial charge in [-0.05, 0) is 48.4 Å². The van der Waals surface area contributed by atoms with Crippen LogP contribution in [-0.4, -0.2) is 102 Å². The Morgan fingerprint density at radius 1 is 0.508 bits per heavy atom. The highest BCUT2D eigenvalue weighted by Crippen LogP contribution is 2.49. The summed E-state index contributed by atoms with van der Waals surface area (Å²) < 4.78 is 24.1. The Kier molecular flexibility index (Phi) is 9.92. The summed E-state index contributed by atoms with van der Waals surface area (Å²) in [6, 6.07) is 8.34. The smallest absolute Gasteiger partial charge is 0.338 e. The third kappa shape index (κ3) is 7.28. The Balaban J connectivity index is 1.24. The number of aliphatic hydroxyl groups excluding tert-OH is 1. The summed E-state index contributed by atoms with van der Waals surface area (Å²) in [5, 5.41) is 136. The molecule has 0 saturated heterocycles. The second kappa shape index (κ2) is 15.2. The van der Waals surface area contributed by atoms with Gasteiger partial charge in [-0.3, -0.25) is 4.79 Å². The fourth-order valence-corrected chi connectivity index (χ4v) is 7.96. The number of hydrogen-bond donors (Lipinski definition) is 13. The lowest BCUT2D eigenvalue weighted by Gasteiger charge is -2.38. The molecule has 13 N–H and O–H groups in total. The third-order valence-corrected chi connectivity index (χ3v) is 10.9. The fraction of sp³-hybridized carbons (Fsp3) is 0.186. The van der Waals surface area contributed by atoms with Gasteiger partial charge >= 0.3 is 11.9 Å². The predicted octanol–water partition coefficient (Wildman–Crippen LogP) is 4.08. The molecule has 1 aliphatic carbocycles. The molecule has 2 heterocycles. The normalized spacial score (nSPS) is 20.1. The van der Waals surface area contributed by atoms with Gasteiger partial charge in [0.1, 0.15) is 52.8 Å². The number of benzene rings is 5. The van der Waals surface area contributed by atoms with Crippen molar-refractivity contribution in [2.45, 2.75) is 43.7 Å². The molecular weight excluding hydrogens is 836 g/mol. The number of hydrogen-bond acceptors (Lipinski definition) is 20. The molecule has 0 aromatic heterocycles. The number of ether oxygens (including phenoxy) is 4. The molecule has 20 nitrogen and oxygen atoms in total. The minimum atomic E-state index is -1.61. The molecule has 3 aliphatic rings. The minimum Gasteiger partial charge on any atom is -0.508 e. The van der Waals surface area contributed by atoms with Gasteiger partial charge in [-0.1, -0.05) is 0 Å². The summed E-state index contributed by atoms with van der Waals surface area (Å²) in [6.45, 7) is 0. The Morgan fingerprint density at radius 2 is 0.968 bits per heavy atom. The van der Waals surface area contributed by atoms with E-state index in [1.807, 2.05) is 0 Å². The maximum atomic E-state index is 14.0. The van der Waals surface area contributed by atoms with Crippen LogP contribution in [0.4, 0.5) is 0 Å². The van der Waals surface area contributed by atoms with E-state index in [9.17, 15) is 80.8 Å². The van der Waals surface area contributed by atoms with Crippen molar-refractivity contribution in [1.29, 1.82) is 0 Å². The van der Waals surface area contributed by atoms with Crippen molar-refractivity contribution in [3.8, 4) is 80.5 Å². The zero-order valence-electron chi connectivity index (χ0n) is 32.0. The molecule has 5 atom stereocenters. The average Bonchev–Trinajstić information content (AvgIpc) is 3.35. The number of rotatable bonds is 6. The maximum absolute atomic E-state index is 14.0. The maximum Gasteiger partial charge on any atom is 0.338 e. The van der Waals surface area contributed by atoms with Crippen molar-refractivity contribution in [2.75, 3.05) is 0 Å². The number of phenolic OH excluding ortho intramolecular Hbond substituents is 12. The Labute approximate surface area is 352 Å². The number of ketones is 1. The van der Waals surface area contributed by atoms with Crippen LogP contribution in [0.3, 0.4) is 0 Å². The van der Waals surface area contributed by atoms with Crippen molar-refractivity contribution >= 4 is 17.7 Å². The van der Waals surface area contributed by atoms with Crippen LogP contribution >= 0.6 is 0 Å². The molecule has 1 unspecified atom stereocenters. The van der Waals surface area contributed by atoms with Crippen LogP contribution in [0.5, 0.6) is 80.5 Å². The number of esters is 2. The largest absolute Gasteiger partial charge is 0.508 e. The Hall–Kier alpha value is -8.55. The van der Waals surface area contributed by atoms with Gasteiger partial charge in [0.05, 0.1) is 16.7 Å². The molecule has 5 aromatic carbocycles. The monoisotopic (exact) mass is 870 g/mol. The number of fused-ring (bicyclic) bond motifs is 3. The minimum absolute atomic E-state index is 0.0151. The van der Waals surface area contributed by atoms with Gasteiger partial charge in [-0.2, -0.15) is 0 Å². The van der Waals surface area contributed by atoms with Crippen LogP contribution in [0.25, 0.3) is 0 Å². The molecule has 5 aromatic rings. The lowest BCUT2D eigenvalue weighted by Crippen LogP contribution is -2.46. The first kappa shape index (κ1) is 41.2. The quantitative estimate of drug-likeness (QED) is 0.0844. The van der Waals surface area contributed by atoms with Crippen molar-refractivity contribution in [1.82, 2.24) is 0 Å². The van der Waals surface area contributed by atoms with E-state index in [1.54, 1.807) is 0 Å². The van der Waals surface area contributed by atoms with E-state index in [-0.39, 0.29) is 46.6 Å². The first-order chi connectivity index (χ1) is 29.8. The summed E-state index contributed by atoms with van der Waals surface area (Å²) in [5.74, 6) is -15.4. The standard InChI is InChI=1S/C43H34O20/c44-17-7-23(46)21-12-33(62-42(58)15-3-25(48)36(54)26(49)4-15)40(60-31(21)9-17)14-1-19-20(11-30(53)39(57)35(19)38(56)29(52)2-14)41-34(13-22-24(47)8-18(45)10-32(22)61-41)63-43(59)16-5-27(50)37(55)28(51)6-16/h2-11,14,33-34,40-41,44-55,57H,1,12-13H2/t14-,33-,34-,40?,41-/m1/s1. The van der Waals surface area contributed by atoms with E-state index in [4.69, 9.17) is 18.9 Å². The van der Waals surface area contributed by atoms with E-state index in [0.717, 1.165) is 60.7 Å². The van der Waals surface area contributed by atoms with Crippen molar-refractivity contribution in [3.05, 3.63) is 105 Å². The molecule has 2 aliphatic heterocycles. The number of allylic oxidation sites excluding steroid dienone is 1. The number of phenols is 12. The van der Waals surface area contributed by atoms with Crippen LogP contribution in [0, 0.1) is 5.92 Å². The predicted molar refractivity (Wildman–Crippen MR) is 208 cm³/mol. The highest BCUT2D eigenvalue weighted by molar-refractivity contribution is 6.11. The van der Waals surface area contributed by atoms with Crippen LogP contribution in [-0.2, 0) is 28.7 Å². The molecule has 20 heteroatoms. The van der Waals surface area contributed by atoms with Gasteiger partial charge < -0.3 is 85.3 Å². The first-order valence-corrected chi connectivity index (χ1v) is 18.7. The number of carbonyl (C=O) groups is 3. The molecule has 326 valence electrons. The zero-order valence-corrected chi connectivity index (χ0v) is 32.0. The molecular formula is C43H34O20. The molecule has 0 bridgehead atoms. The number of carbonyl (C=O) groups excluding carboxylic acids is 3. The molecule has 0 amide bonds. The van der Waals surface area contributed by atoms with E-state index >= 15 is 0 Å². The van der Waals surface area contributed by atoms with E-state index in [1.165, 1.54) is 0 Å². The lowest BCUT2D eigenvalue weighted by molar-refractivity contribution is -0.0318. The second-order valence-electron chi connectivity index (χ2n) is 15.0. The molecule has 0 spiro atoms. The van der Waals surface area contributed by atoms with Crippen LogP contribution in [0.2, 0.25) is 0 Å². The summed E-state index contributed by atoms with van der Waals surface area (Å²) in [5.41, 5.74) is -1.88. The van der Waals surface area contributed by atoms with Gasteiger partial charge in [0.2, 0.25) is 5.78 Å². The average molecular weight is 871 g/mol. The lowest BCUT2D eigenvalue weighted by atomic mass is 9.82. The second-order valence-corrected chi connectivity index (χ2v) is 15.0. The van der Waals surface area contributed by atoms with Gasteiger partial charge in [0.25, 0.3) is 0 Å². The van der Waals surface area contributed by atoms with Crippen molar-refractivity contribution in [2.24, 2.45) is 5.92 Å². The fourth-order valence-electron chi connectivity index (χ4n) is 7.96. The first-order valence-electron chi connectivity index (χ1n) is 18.7. The van der Waals surface area contributed by atoms with Crippen LogP contribution in [0.15, 0.2) is 66.4 Å². The molecule has 0 saturated carbocycles. The summed E-state index contributed by atoms with van der Waals surface area (Å²) >= 11 is 0. The van der Waals surface area contributed by atoms with Gasteiger partial charge in [-0.25, -0.2) is 9.59 Å². The highest BCUT2D eigenvalue weighted by Gasteiger charge is 2.45. The number of Topliss-reactive ketones (excluding diaryl/α,β-unsaturated/α-hetero) is 1. The SMILES string of the molecule is O=C(O[C@@H]1Cc2c(O)cc(O)cc2OC1[C@H]1C=C(O)C(=O)c2c(O)c(O)cc([C@H]3Oc4cc(O)cc(O)c4C[C@H]3OC(=O)c3cc(O)c(O)c(O)c3)c2C1)c1cc(O)c(O)c(O)c1. The molecule has 63 heavy (non-hydrogen) atoms.